The van der Waals surface area contributed by atoms with Gasteiger partial charge in [0.1, 0.15) is 0 Å². The molecule has 0 saturated carbocycles. The van der Waals surface area contributed by atoms with Gasteiger partial charge in [0.25, 0.3) is 0 Å². The van der Waals surface area contributed by atoms with E-state index in [0.717, 1.165) is 0 Å². The summed E-state index contributed by atoms with van der Waals surface area (Å²) in [5.41, 5.74) is -0.580. The molecule has 0 radical (unpaired) electrons. The molecule has 0 N–H and O–H groups in total. The SMILES string of the molecule is CC(C)(C)C(=O)C(F)Br. The summed E-state index contributed by atoms with van der Waals surface area (Å²) in [7, 11) is 0. The molecule has 0 aromatic carbocycles. The fourth-order valence-electron chi connectivity index (χ4n) is 0.327. The third-order valence-electron chi connectivity index (χ3n) is 0.937. The maximum absolute atomic E-state index is 12.2. The Bertz CT molecular complexity index is 115. The predicted octanol–water partition coefficient (Wildman–Crippen LogP) is 2.29. The van der Waals surface area contributed by atoms with Crippen LogP contribution in [0.3, 0.4) is 0 Å². The molecule has 0 saturated heterocycles. The number of hydrogen-bond acceptors (Lipinski definition) is 1. The molecule has 0 aliphatic heterocycles. The summed E-state index contributed by atoms with van der Waals surface area (Å²) >= 11 is 2.56. The summed E-state index contributed by atoms with van der Waals surface area (Å²) < 4.78 is 12.2. The predicted molar refractivity (Wildman–Crippen MR) is 38.3 cm³/mol. The van der Waals surface area contributed by atoms with Gasteiger partial charge in [0, 0.05) is 5.41 Å². The summed E-state index contributed by atoms with van der Waals surface area (Å²) in [6.45, 7) is 5.05. The molecule has 0 aromatic rings. The van der Waals surface area contributed by atoms with Crippen molar-refractivity contribution in [3.63, 3.8) is 0 Å². The number of hydrogen-bond donors (Lipinski definition) is 0. The molecule has 0 aliphatic carbocycles. The van der Waals surface area contributed by atoms with E-state index in [1.54, 1.807) is 20.8 Å². The van der Waals surface area contributed by atoms with Crippen molar-refractivity contribution in [3.8, 4) is 0 Å². The van der Waals surface area contributed by atoms with E-state index in [4.69, 9.17) is 0 Å². The van der Waals surface area contributed by atoms with E-state index in [2.05, 4.69) is 15.9 Å². The van der Waals surface area contributed by atoms with Crippen LogP contribution in [0.25, 0.3) is 0 Å². The molecule has 1 nitrogen and oxygen atoms in total. The molecular weight excluding hydrogens is 187 g/mol. The highest BCUT2D eigenvalue weighted by Gasteiger charge is 2.27. The molecule has 54 valence electrons. The van der Waals surface area contributed by atoms with E-state index in [9.17, 15) is 9.18 Å². The van der Waals surface area contributed by atoms with Crippen LogP contribution in [0.4, 0.5) is 4.39 Å². The van der Waals surface area contributed by atoms with Crippen LogP contribution in [0, 0.1) is 5.41 Å². The van der Waals surface area contributed by atoms with E-state index in [1.807, 2.05) is 0 Å². The molecule has 0 rings (SSSR count). The standard InChI is InChI=1S/C6H10BrFO/c1-6(2,3)4(9)5(7)8/h5H,1-3H3. The Morgan fingerprint density at radius 2 is 1.89 bits per heavy atom. The first-order valence-electron chi connectivity index (χ1n) is 2.68. The molecule has 0 aliphatic rings. The van der Waals surface area contributed by atoms with Crippen molar-refractivity contribution in [2.24, 2.45) is 5.41 Å². The maximum Gasteiger partial charge on any atom is 0.213 e. The van der Waals surface area contributed by atoms with E-state index in [0.29, 0.717) is 0 Å². The highest BCUT2D eigenvalue weighted by molar-refractivity contribution is 9.09. The lowest BCUT2D eigenvalue weighted by Crippen LogP contribution is -2.25. The van der Waals surface area contributed by atoms with Crippen molar-refractivity contribution in [1.82, 2.24) is 0 Å². The van der Waals surface area contributed by atoms with Crippen LogP contribution in [0.15, 0.2) is 0 Å². The van der Waals surface area contributed by atoms with Crippen molar-refractivity contribution < 1.29 is 9.18 Å². The monoisotopic (exact) mass is 196 g/mol. The minimum atomic E-state index is -1.52. The van der Waals surface area contributed by atoms with Crippen molar-refractivity contribution in [2.75, 3.05) is 0 Å². The van der Waals surface area contributed by atoms with Crippen molar-refractivity contribution >= 4 is 21.7 Å². The average molecular weight is 197 g/mol. The van der Waals surface area contributed by atoms with Crippen LogP contribution in [0.1, 0.15) is 20.8 Å². The van der Waals surface area contributed by atoms with Gasteiger partial charge in [-0.1, -0.05) is 20.8 Å². The molecule has 0 aromatic heterocycles. The zero-order valence-corrected chi connectivity index (χ0v) is 7.33. The number of carbonyl (C=O) groups excluding carboxylic acids is 1. The minimum Gasteiger partial charge on any atom is -0.295 e. The Labute approximate surface area is 62.8 Å². The highest BCUT2D eigenvalue weighted by atomic mass is 79.9. The average Bonchev–Trinajstić information content (AvgIpc) is 1.62. The van der Waals surface area contributed by atoms with Crippen LogP contribution < -0.4 is 0 Å². The highest BCUT2D eigenvalue weighted by Crippen LogP contribution is 2.20. The maximum atomic E-state index is 12.2. The van der Waals surface area contributed by atoms with Gasteiger partial charge in [-0.3, -0.25) is 4.79 Å². The number of Topliss-reactive ketones (excluding diaryl/α,β-unsaturated/α-hetero) is 1. The molecule has 1 atom stereocenters. The Morgan fingerprint density at radius 1 is 1.56 bits per heavy atom. The van der Waals surface area contributed by atoms with Crippen LogP contribution in [0.2, 0.25) is 0 Å². The van der Waals surface area contributed by atoms with Crippen molar-refractivity contribution in [2.45, 2.75) is 25.9 Å². The Balaban J connectivity index is 4.06. The molecule has 0 fully saturated rings. The summed E-state index contributed by atoms with van der Waals surface area (Å²) in [6.07, 6.45) is 0. The van der Waals surface area contributed by atoms with Gasteiger partial charge in [0.05, 0.1) is 0 Å². The second-order valence-corrected chi connectivity index (χ2v) is 3.72. The van der Waals surface area contributed by atoms with E-state index in [-0.39, 0.29) is 0 Å². The molecule has 0 amide bonds. The number of rotatable bonds is 1. The molecule has 1 unspecified atom stereocenters. The van der Waals surface area contributed by atoms with Gasteiger partial charge in [-0.15, -0.1) is 0 Å². The van der Waals surface area contributed by atoms with Crippen LogP contribution in [-0.4, -0.2) is 10.9 Å². The van der Waals surface area contributed by atoms with Gasteiger partial charge in [-0.2, -0.15) is 0 Å². The van der Waals surface area contributed by atoms with Gasteiger partial charge in [0.15, 0.2) is 5.78 Å². The first kappa shape index (κ1) is 9.08. The lowest BCUT2D eigenvalue weighted by Gasteiger charge is -2.15. The van der Waals surface area contributed by atoms with Gasteiger partial charge in [-0.25, -0.2) is 4.39 Å². The largest absolute Gasteiger partial charge is 0.295 e. The van der Waals surface area contributed by atoms with Gasteiger partial charge in [-0.05, 0) is 15.9 Å². The molecule has 9 heavy (non-hydrogen) atoms. The smallest absolute Gasteiger partial charge is 0.213 e. The zero-order valence-electron chi connectivity index (χ0n) is 5.74. The van der Waals surface area contributed by atoms with E-state index < -0.39 is 16.3 Å². The fraction of sp³-hybridized carbons (Fsp3) is 0.833. The lowest BCUT2D eigenvalue weighted by molar-refractivity contribution is -0.128. The van der Waals surface area contributed by atoms with Crippen molar-refractivity contribution in [3.05, 3.63) is 0 Å². The second kappa shape index (κ2) is 2.78. The number of ketones is 1. The van der Waals surface area contributed by atoms with Gasteiger partial charge < -0.3 is 0 Å². The van der Waals surface area contributed by atoms with Crippen molar-refractivity contribution in [1.29, 1.82) is 0 Å². The Hall–Kier alpha value is 0.0800. The normalized spacial score (nSPS) is 15.2. The van der Waals surface area contributed by atoms with Crippen LogP contribution in [0.5, 0.6) is 0 Å². The lowest BCUT2D eigenvalue weighted by atomic mass is 9.92. The third-order valence-corrected chi connectivity index (χ3v) is 1.35. The van der Waals surface area contributed by atoms with Crippen LogP contribution in [-0.2, 0) is 4.79 Å². The van der Waals surface area contributed by atoms with Crippen LogP contribution >= 0.6 is 15.9 Å². The number of halogens is 2. The summed E-state index contributed by atoms with van der Waals surface area (Å²) in [5, 5.41) is -1.52. The molecule has 0 heterocycles. The number of carbonyl (C=O) groups is 1. The zero-order chi connectivity index (χ0) is 7.65. The quantitative estimate of drug-likeness (QED) is 0.589. The Morgan fingerprint density at radius 3 is 1.89 bits per heavy atom. The van der Waals surface area contributed by atoms with E-state index in [1.165, 1.54) is 0 Å². The fourth-order valence-corrected chi connectivity index (χ4v) is 1.01. The summed E-state index contributed by atoms with van der Waals surface area (Å²) in [4.78, 5) is 10.7. The molecular formula is C6H10BrFO. The second-order valence-electron chi connectivity index (χ2n) is 2.91. The third kappa shape index (κ3) is 2.94. The molecule has 3 heteroatoms. The topological polar surface area (TPSA) is 17.1 Å². The minimum absolute atomic E-state index is 0.414. The summed E-state index contributed by atoms with van der Waals surface area (Å²) in [6, 6.07) is 0. The number of alkyl halides is 2. The van der Waals surface area contributed by atoms with Gasteiger partial charge >= 0.3 is 0 Å². The first-order chi connectivity index (χ1) is 3.85. The van der Waals surface area contributed by atoms with E-state index >= 15 is 0 Å². The first-order valence-corrected chi connectivity index (χ1v) is 3.59. The Kier molecular flexibility index (Phi) is 2.80. The van der Waals surface area contributed by atoms with Gasteiger partial charge in [0.2, 0.25) is 5.08 Å². The molecule has 0 spiro atoms. The molecule has 0 bridgehead atoms. The summed E-state index contributed by atoms with van der Waals surface area (Å²) in [5.74, 6) is -0.414.